The summed E-state index contributed by atoms with van der Waals surface area (Å²) in [7, 11) is 1.37. The van der Waals surface area contributed by atoms with Crippen molar-refractivity contribution in [1.29, 1.82) is 0 Å². The van der Waals surface area contributed by atoms with Crippen LogP contribution in [0.1, 0.15) is 24.4 Å². The third-order valence-corrected chi connectivity index (χ3v) is 3.29. The molecule has 1 heterocycles. The van der Waals surface area contributed by atoms with Gasteiger partial charge in [-0.05, 0) is 36.7 Å². The largest absolute Gasteiger partial charge is 0.467 e. The maximum absolute atomic E-state index is 11.3. The molecule has 78 valence electrons. The number of hydrogen-bond acceptors (Lipinski definition) is 3. The first-order chi connectivity index (χ1) is 6.49. The zero-order chi connectivity index (χ0) is 10.9. The summed E-state index contributed by atoms with van der Waals surface area (Å²) in [4.78, 5) is 11.3. The Kier molecular flexibility index (Phi) is 3.31. The molecule has 1 rings (SSSR count). The lowest BCUT2D eigenvalue weighted by Crippen LogP contribution is -2.19. The number of esters is 1. The van der Waals surface area contributed by atoms with Crippen LogP contribution in [0.5, 0.6) is 0 Å². The van der Waals surface area contributed by atoms with Crippen LogP contribution in [0.15, 0.2) is 4.47 Å². The Labute approximate surface area is 91.4 Å². The number of carbonyl (C=O) groups is 1. The van der Waals surface area contributed by atoms with Gasteiger partial charge in [-0.25, -0.2) is 4.79 Å². The molecular weight excluding hydrogens is 248 g/mol. The minimum absolute atomic E-state index is 0.289. The fourth-order valence-corrected chi connectivity index (χ4v) is 1.55. The molecule has 0 saturated carbocycles. The van der Waals surface area contributed by atoms with Gasteiger partial charge in [-0.2, -0.15) is 5.10 Å². The van der Waals surface area contributed by atoms with Gasteiger partial charge in [0.2, 0.25) is 0 Å². The van der Waals surface area contributed by atoms with Gasteiger partial charge in [0.15, 0.2) is 0 Å². The second kappa shape index (κ2) is 4.13. The minimum atomic E-state index is -0.384. The van der Waals surface area contributed by atoms with E-state index in [-0.39, 0.29) is 12.0 Å². The summed E-state index contributed by atoms with van der Waals surface area (Å²) in [5.41, 5.74) is 1.80. The normalized spacial score (nSPS) is 12.6. The van der Waals surface area contributed by atoms with Crippen LogP contribution in [0.3, 0.4) is 0 Å². The summed E-state index contributed by atoms with van der Waals surface area (Å²) >= 11 is 3.40. The second-order valence-electron chi connectivity index (χ2n) is 3.13. The first kappa shape index (κ1) is 11.2. The molecule has 0 aliphatic rings. The summed E-state index contributed by atoms with van der Waals surface area (Å²) in [6.07, 6.45) is 0. The van der Waals surface area contributed by atoms with Crippen molar-refractivity contribution in [3.63, 3.8) is 0 Å². The Morgan fingerprint density at radius 2 is 2.14 bits per heavy atom. The third kappa shape index (κ3) is 1.82. The first-order valence-corrected chi connectivity index (χ1v) is 5.07. The van der Waals surface area contributed by atoms with Gasteiger partial charge < -0.3 is 4.74 Å². The van der Waals surface area contributed by atoms with Gasteiger partial charge in [0.05, 0.1) is 23.0 Å². The zero-order valence-corrected chi connectivity index (χ0v) is 10.3. The van der Waals surface area contributed by atoms with Gasteiger partial charge in [-0.3, -0.25) is 4.68 Å². The molecule has 0 amide bonds. The Morgan fingerprint density at radius 3 is 2.50 bits per heavy atom. The van der Waals surface area contributed by atoms with E-state index in [0.29, 0.717) is 0 Å². The first-order valence-electron chi connectivity index (χ1n) is 4.28. The number of rotatable bonds is 2. The molecule has 0 spiro atoms. The second-order valence-corrected chi connectivity index (χ2v) is 3.92. The lowest BCUT2D eigenvalue weighted by Gasteiger charge is -2.11. The molecule has 0 aliphatic heterocycles. The molecule has 0 radical (unpaired) electrons. The predicted octanol–water partition coefficient (Wildman–Crippen LogP) is 2.00. The average molecular weight is 261 g/mol. The lowest BCUT2D eigenvalue weighted by atomic mass is 10.3. The van der Waals surface area contributed by atoms with Crippen molar-refractivity contribution in [2.24, 2.45) is 0 Å². The van der Waals surface area contributed by atoms with Gasteiger partial charge in [0.1, 0.15) is 6.04 Å². The quantitative estimate of drug-likeness (QED) is 0.765. The Bertz CT molecular complexity index is 360. The Morgan fingerprint density at radius 1 is 1.57 bits per heavy atom. The molecular formula is C9H13BrN2O2. The van der Waals surface area contributed by atoms with Crippen LogP contribution in [0.25, 0.3) is 0 Å². The standard InChI is InChI=1S/C9H13BrN2O2/c1-5-8(10)6(2)12(11-5)7(3)9(13)14-4/h7H,1-4H3/t7-/m1/s1. The van der Waals surface area contributed by atoms with E-state index >= 15 is 0 Å². The highest BCUT2D eigenvalue weighted by Gasteiger charge is 2.20. The lowest BCUT2D eigenvalue weighted by molar-refractivity contribution is -0.144. The number of nitrogens with zero attached hydrogens (tertiary/aromatic N) is 2. The van der Waals surface area contributed by atoms with Gasteiger partial charge in [0, 0.05) is 0 Å². The molecule has 0 N–H and O–H groups in total. The van der Waals surface area contributed by atoms with Crippen LogP contribution < -0.4 is 0 Å². The molecule has 0 fully saturated rings. The summed E-state index contributed by atoms with van der Waals surface area (Å²) in [6, 6.07) is -0.384. The van der Waals surface area contributed by atoms with E-state index in [1.165, 1.54) is 7.11 Å². The van der Waals surface area contributed by atoms with Crippen molar-refractivity contribution >= 4 is 21.9 Å². The van der Waals surface area contributed by atoms with Gasteiger partial charge in [-0.1, -0.05) is 0 Å². The summed E-state index contributed by atoms with van der Waals surface area (Å²) < 4.78 is 7.25. The topological polar surface area (TPSA) is 44.1 Å². The van der Waals surface area contributed by atoms with E-state index in [9.17, 15) is 4.79 Å². The Balaban J connectivity index is 3.07. The van der Waals surface area contributed by atoms with E-state index in [0.717, 1.165) is 15.9 Å². The number of aromatic nitrogens is 2. The van der Waals surface area contributed by atoms with E-state index in [2.05, 4.69) is 25.8 Å². The maximum Gasteiger partial charge on any atom is 0.330 e. The highest BCUT2D eigenvalue weighted by atomic mass is 79.9. The maximum atomic E-state index is 11.3. The number of ether oxygens (including phenoxy) is 1. The van der Waals surface area contributed by atoms with Crippen LogP contribution in [-0.4, -0.2) is 22.9 Å². The van der Waals surface area contributed by atoms with E-state index in [4.69, 9.17) is 0 Å². The summed E-state index contributed by atoms with van der Waals surface area (Å²) in [6.45, 7) is 5.55. The van der Waals surface area contributed by atoms with Crippen LogP contribution >= 0.6 is 15.9 Å². The number of aryl methyl sites for hydroxylation is 1. The summed E-state index contributed by atoms with van der Waals surface area (Å²) in [5.74, 6) is -0.289. The van der Waals surface area contributed by atoms with Crippen molar-refractivity contribution in [2.75, 3.05) is 7.11 Å². The van der Waals surface area contributed by atoms with Crippen molar-refractivity contribution in [3.05, 3.63) is 15.9 Å². The monoisotopic (exact) mass is 260 g/mol. The summed E-state index contributed by atoms with van der Waals surface area (Å²) in [5, 5.41) is 4.25. The van der Waals surface area contributed by atoms with Gasteiger partial charge in [-0.15, -0.1) is 0 Å². The highest BCUT2D eigenvalue weighted by Crippen LogP contribution is 2.22. The number of methoxy groups -OCH3 is 1. The van der Waals surface area contributed by atoms with E-state index in [1.807, 2.05) is 13.8 Å². The SMILES string of the molecule is COC(=O)[C@@H](C)n1nc(C)c(Br)c1C. The van der Waals surface area contributed by atoms with Crippen LogP contribution in [0.4, 0.5) is 0 Å². The van der Waals surface area contributed by atoms with Crippen molar-refractivity contribution in [3.8, 4) is 0 Å². The zero-order valence-electron chi connectivity index (χ0n) is 8.67. The molecule has 0 bridgehead atoms. The van der Waals surface area contributed by atoms with Crippen LogP contribution in [-0.2, 0) is 9.53 Å². The van der Waals surface area contributed by atoms with Gasteiger partial charge >= 0.3 is 5.97 Å². The Hall–Kier alpha value is -0.840. The van der Waals surface area contributed by atoms with Crippen LogP contribution in [0, 0.1) is 13.8 Å². The fourth-order valence-electron chi connectivity index (χ4n) is 1.29. The molecule has 0 saturated heterocycles. The third-order valence-electron chi connectivity index (χ3n) is 2.15. The smallest absolute Gasteiger partial charge is 0.330 e. The van der Waals surface area contributed by atoms with Gasteiger partial charge in [0.25, 0.3) is 0 Å². The molecule has 1 atom stereocenters. The predicted molar refractivity (Wildman–Crippen MR) is 56.1 cm³/mol. The molecule has 1 aromatic rings. The molecule has 0 unspecified atom stereocenters. The highest BCUT2D eigenvalue weighted by molar-refractivity contribution is 9.10. The molecule has 1 aromatic heterocycles. The minimum Gasteiger partial charge on any atom is -0.467 e. The van der Waals surface area contributed by atoms with Crippen molar-refractivity contribution < 1.29 is 9.53 Å². The number of hydrogen-bond donors (Lipinski definition) is 0. The molecule has 0 aromatic carbocycles. The van der Waals surface area contributed by atoms with Crippen LogP contribution in [0.2, 0.25) is 0 Å². The van der Waals surface area contributed by atoms with E-state index in [1.54, 1.807) is 11.6 Å². The number of carbonyl (C=O) groups excluding carboxylic acids is 1. The fraction of sp³-hybridized carbons (Fsp3) is 0.556. The van der Waals surface area contributed by atoms with Crippen molar-refractivity contribution in [2.45, 2.75) is 26.8 Å². The molecule has 0 aliphatic carbocycles. The number of halogens is 1. The molecule has 5 heteroatoms. The van der Waals surface area contributed by atoms with Crippen molar-refractivity contribution in [1.82, 2.24) is 9.78 Å². The van der Waals surface area contributed by atoms with E-state index < -0.39 is 0 Å². The molecule has 14 heavy (non-hydrogen) atoms. The molecule has 4 nitrogen and oxygen atoms in total. The average Bonchev–Trinajstić information content (AvgIpc) is 2.43.